The molecule has 5 nitrogen and oxygen atoms in total. The van der Waals surface area contributed by atoms with Crippen molar-refractivity contribution in [3.8, 4) is 0 Å². The Labute approximate surface area is 157 Å². The zero-order valence-electron chi connectivity index (χ0n) is 16.0. The predicted octanol–water partition coefficient (Wildman–Crippen LogP) is 3.74. The first-order valence-electron chi connectivity index (χ1n) is 8.59. The normalized spacial score (nSPS) is 13.0. The summed E-state index contributed by atoms with van der Waals surface area (Å²) in [6, 6.07) is 0.0893. The van der Waals surface area contributed by atoms with Gasteiger partial charge in [-0.2, -0.15) is 0 Å². The number of aryl methyl sites for hydroxylation is 2. The second-order valence-electron chi connectivity index (χ2n) is 7.09. The van der Waals surface area contributed by atoms with Crippen molar-refractivity contribution in [1.29, 1.82) is 0 Å². The van der Waals surface area contributed by atoms with Gasteiger partial charge in [-0.3, -0.25) is 14.2 Å². The molecule has 25 heavy (non-hydrogen) atoms. The summed E-state index contributed by atoms with van der Waals surface area (Å²) in [6.07, 6.45) is 0. The third kappa shape index (κ3) is 4.44. The molecule has 0 aliphatic heterocycles. The minimum atomic E-state index is -0.313. The van der Waals surface area contributed by atoms with E-state index in [-0.39, 0.29) is 22.8 Å². The maximum atomic E-state index is 13.1. The quantitative estimate of drug-likeness (QED) is 0.612. The topological polar surface area (TPSA) is 64.0 Å². The molecule has 0 unspecified atom stereocenters. The van der Waals surface area contributed by atoms with Gasteiger partial charge in [-0.25, -0.2) is 4.98 Å². The summed E-state index contributed by atoms with van der Waals surface area (Å²) in [5.41, 5.74) is 1.01. The Hall–Kier alpha value is -1.34. The Morgan fingerprint density at radius 3 is 2.44 bits per heavy atom. The van der Waals surface area contributed by atoms with Gasteiger partial charge in [0.25, 0.3) is 5.56 Å². The van der Waals surface area contributed by atoms with Crippen molar-refractivity contribution in [2.24, 2.45) is 5.92 Å². The molecule has 0 saturated carbocycles. The zero-order chi connectivity index (χ0) is 18.9. The smallest absolute Gasteiger partial charge is 0.263 e. The lowest BCUT2D eigenvalue weighted by Crippen LogP contribution is -2.36. The van der Waals surface area contributed by atoms with E-state index in [1.165, 1.54) is 11.8 Å². The number of nitrogens with zero attached hydrogens (tertiary/aromatic N) is 2. The number of amides is 1. The van der Waals surface area contributed by atoms with Crippen molar-refractivity contribution in [3.63, 3.8) is 0 Å². The average molecular weight is 382 g/mol. The number of hydrogen-bond acceptors (Lipinski definition) is 5. The molecule has 138 valence electrons. The van der Waals surface area contributed by atoms with Crippen LogP contribution in [-0.2, 0) is 11.3 Å². The van der Waals surface area contributed by atoms with Gasteiger partial charge in [0.15, 0.2) is 5.16 Å². The number of hydrogen-bond donors (Lipinski definition) is 1. The van der Waals surface area contributed by atoms with Gasteiger partial charge in [-0.15, -0.1) is 11.3 Å². The third-order valence-corrected chi connectivity index (χ3v) is 6.08. The number of nitrogens with one attached hydrogen (secondary N) is 1. The summed E-state index contributed by atoms with van der Waals surface area (Å²) in [6.45, 7) is 14.5. The van der Waals surface area contributed by atoms with E-state index < -0.39 is 0 Å². The fourth-order valence-corrected chi connectivity index (χ4v) is 4.54. The first-order chi connectivity index (χ1) is 11.6. The fourth-order valence-electron chi connectivity index (χ4n) is 2.54. The zero-order valence-corrected chi connectivity index (χ0v) is 17.6. The molecule has 0 aromatic carbocycles. The number of rotatable bonds is 6. The first-order valence-corrected chi connectivity index (χ1v) is 10.3. The molecule has 0 bridgehead atoms. The monoisotopic (exact) mass is 381 g/mol. The maximum absolute atomic E-state index is 13.1. The van der Waals surface area contributed by atoms with Crippen LogP contribution in [0.25, 0.3) is 10.2 Å². The molecule has 0 spiro atoms. The summed E-state index contributed by atoms with van der Waals surface area (Å²) in [7, 11) is 0. The second-order valence-corrected chi connectivity index (χ2v) is 9.60. The lowest BCUT2D eigenvalue weighted by Gasteiger charge is -2.18. The van der Waals surface area contributed by atoms with Gasteiger partial charge in [0.1, 0.15) is 4.83 Å². The average Bonchev–Trinajstić information content (AvgIpc) is 2.77. The number of carbonyl (C=O) groups excluding carboxylic acids is 1. The Morgan fingerprint density at radius 1 is 1.24 bits per heavy atom. The summed E-state index contributed by atoms with van der Waals surface area (Å²) in [5.74, 6) is 0.278. The van der Waals surface area contributed by atoms with Crippen LogP contribution in [0.15, 0.2) is 9.95 Å². The molecule has 0 aliphatic carbocycles. The van der Waals surface area contributed by atoms with Crippen LogP contribution in [0.4, 0.5) is 0 Å². The molecule has 0 radical (unpaired) electrons. The van der Waals surface area contributed by atoms with Gasteiger partial charge in [-0.1, -0.05) is 25.6 Å². The van der Waals surface area contributed by atoms with E-state index in [1.54, 1.807) is 15.9 Å². The van der Waals surface area contributed by atoms with E-state index in [2.05, 4.69) is 19.2 Å². The maximum Gasteiger partial charge on any atom is 0.263 e. The number of thiophene rings is 1. The minimum Gasteiger partial charge on any atom is -0.353 e. The molecule has 2 heterocycles. The van der Waals surface area contributed by atoms with E-state index >= 15 is 0 Å². The molecule has 0 aliphatic rings. The summed E-state index contributed by atoms with van der Waals surface area (Å²) < 4.78 is 1.73. The number of carbonyl (C=O) groups is 1. The lowest BCUT2D eigenvalue weighted by molar-refractivity contribution is -0.120. The van der Waals surface area contributed by atoms with Crippen LogP contribution in [0.2, 0.25) is 0 Å². The Kier molecular flexibility index (Phi) is 6.32. The number of thioether (sulfide) groups is 1. The van der Waals surface area contributed by atoms with Crippen molar-refractivity contribution in [1.82, 2.24) is 14.9 Å². The van der Waals surface area contributed by atoms with E-state index in [0.717, 1.165) is 15.3 Å². The Balaban J connectivity index is 2.50. The molecule has 2 rings (SSSR count). The van der Waals surface area contributed by atoms with E-state index in [9.17, 15) is 9.59 Å². The van der Waals surface area contributed by atoms with E-state index in [1.807, 2.05) is 34.6 Å². The Morgan fingerprint density at radius 2 is 1.88 bits per heavy atom. The highest BCUT2D eigenvalue weighted by molar-refractivity contribution is 8.00. The molecule has 7 heteroatoms. The molecule has 1 amide bonds. The van der Waals surface area contributed by atoms with E-state index in [0.29, 0.717) is 23.0 Å². The predicted molar refractivity (Wildman–Crippen MR) is 107 cm³/mol. The lowest BCUT2D eigenvalue weighted by atomic mass is 10.2. The second kappa shape index (κ2) is 7.91. The van der Waals surface area contributed by atoms with Crippen LogP contribution in [0, 0.1) is 19.8 Å². The van der Waals surface area contributed by atoms with Crippen LogP contribution in [0.5, 0.6) is 0 Å². The summed E-state index contributed by atoms with van der Waals surface area (Å²) >= 11 is 2.90. The standard InChI is InChI=1S/C18H27N3O2S2/c1-9(2)8-21-17(23)14-11(5)12(6)24-16(14)20-18(21)25-13(7)15(22)19-10(3)4/h9-10,13H,8H2,1-7H3,(H,19,22)/t13-/m0/s1. The highest BCUT2D eigenvalue weighted by Gasteiger charge is 2.22. The number of aromatic nitrogens is 2. The van der Waals surface area contributed by atoms with Crippen molar-refractivity contribution in [3.05, 3.63) is 20.8 Å². The van der Waals surface area contributed by atoms with Crippen molar-refractivity contribution in [2.75, 3.05) is 0 Å². The molecule has 0 fully saturated rings. The van der Waals surface area contributed by atoms with Gasteiger partial charge in [0.05, 0.1) is 10.6 Å². The largest absolute Gasteiger partial charge is 0.353 e. The number of fused-ring (bicyclic) bond motifs is 1. The first kappa shape index (κ1) is 20.0. The van der Waals surface area contributed by atoms with Crippen LogP contribution < -0.4 is 10.9 Å². The molecular formula is C18H27N3O2S2. The van der Waals surface area contributed by atoms with Crippen LogP contribution in [-0.4, -0.2) is 26.8 Å². The van der Waals surface area contributed by atoms with Gasteiger partial charge in [0.2, 0.25) is 5.91 Å². The van der Waals surface area contributed by atoms with Crippen molar-refractivity contribution >= 4 is 39.2 Å². The third-order valence-electron chi connectivity index (χ3n) is 3.88. The van der Waals surface area contributed by atoms with Crippen LogP contribution in [0.3, 0.4) is 0 Å². The molecule has 2 aromatic rings. The van der Waals surface area contributed by atoms with Gasteiger partial charge in [-0.05, 0) is 46.1 Å². The Bertz CT molecular complexity index is 837. The SMILES string of the molecule is Cc1sc2nc(S[C@@H](C)C(=O)NC(C)C)n(CC(C)C)c(=O)c2c1C. The molecular weight excluding hydrogens is 354 g/mol. The van der Waals surface area contributed by atoms with Gasteiger partial charge >= 0.3 is 0 Å². The van der Waals surface area contributed by atoms with Crippen molar-refractivity contribution < 1.29 is 4.79 Å². The molecule has 1 N–H and O–H groups in total. The van der Waals surface area contributed by atoms with E-state index in [4.69, 9.17) is 4.98 Å². The molecule has 0 saturated heterocycles. The van der Waals surface area contributed by atoms with Gasteiger partial charge in [0, 0.05) is 17.5 Å². The summed E-state index contributed by atoms with van der Waals surface area (Å²) in [5, 5.41) is 3.94. The van der Waals surface area contributed by atoms with Crippen molar-refractivity contribution in [2.45, 2.75) is 71.5 Å². The minimum absolute atomic E-state index is 0.000447. The summed E-state index contributed by atoms with van der Waals surface area (Å²) in [4.78, 5) is 31.9. The van der Waals surface area contributed by atoms with Crippen LogP contribution in [0.1, 0.15) is 45.1 Å². The van der Waals surface area contributed by atoms with Crippen LogP contribution >= 0.6 is 23.1 Å². The highest BCUT2D eigenvalue weighted by Crippen LogP contribution is 2.30. The molecule has 2 aromatic heterocycles. The van der Waals surface area contributed by atoms with Gasteiger partial charge < -0.3 is 5.32 Å². The molecule has 1 atom stereocenters. The highest BCUT2D eigenvalue weighted by atomic mass is 32.2. The fraction of sp³-hybridized carbons (Fsp3) is 0.611.